The number of hydrogen-bond donors (Lipinski definition) is 0. The van der Waals surface area contributed by atoms with Gasteiger partial charge < -0.3 is 9.64 Å². The molecule has 0 amide bonds. The van der Waals surface area contributed by atoms with Crippen LogP contribution in [0.5, 0.6) is 5.88 Å². The van der Waals surface area contributed by atoms with Crippen molar-refractivity contribution in [2.45, 2.75) is 46.9 Å². The molecule has 24 heavy (non-hydrogen) atoms. The number of rotatable bonds is 5. The Labute approximate surface area is 144 Å². The summed E-state index contributed by atoms with van der Waals surface area (Å²) in [6.45, 7) is 14.3. The quantitative estimate of drug-likeness (QED) is 0.824. The second-order valence-electron chi connectivity index (χ2n) is 7.70. The fourth-order valence-electron chi connectivity index (χ4n) is 3.04. The molecule has 0 saturated heterocycles. The molecule has 0 N–H and O–H groups in total. The van der Waals surface area contributed by atoms with Crippen LogP contribution in [-0.2, 0) is 19.7 Å². The molecule has 3 rings (SSSR count). The van der Waals surface area contributed by atoms with Crippen molar-refractivity contribution in [2.24, 2.45) is 5.41 Å². The summed E-state index contributed by atoms with van der Waals surface area (Å²) >= 11 is 0. The molecular weight excluding hydrogens is 298 g/mol. The van der Waals surface area contributed by atoms with E-state index in [-0.39, 0.29) is 5.41 Å². The number of ether oxygens (including phenoxy) is 1. The van der Waals surface area contributed by atoms with Gasteiger partial charge in [-0.2, -0.15) is 0 Å². The smallest absolute Gasteiger partial charge is 0.233 e. The van der Waals surface area contributed by atoms with E-state index in [0.717, 1.165) is 31.6 Å². The molecule has 0 aliphatic carbocycles. The van der Waals surface area contributed by atoms with Crippen LogP contribution >= 0.6 is 0 Å². The molecule has 0 bridgehead atoms. The van der Waals surface area contributed by atoms with Gasteiger partial charge in [0.1, 0.15) is 6.61 Å². The zero-order chi connectivity index (χ0) is 17.2. The number of hydrogen-bond acceptors (Lipinski definition) is 3. The van der Waals surface area contributed by atoms with E-state index in [4.69, 9.17) is 4.74 Å². The first-order chi connectivity index (χ1) is 11.4. The zero-order valence-electron chi connectivity index (χ0n) is 15.0. The number of aromatic nitrogens is 2. The number of allylic oxidation sites excluding steroid dienone is 1. The van der Waals surface area contributed by atoms with E-state index in [1.807, 2.05) is 18.2 Å². The topological polar surface area (TPSA) is 30.3 Å². The third-order valence-electron chi connectivity index (χ3n) is 4.19. The molecule has 0 radical (unpaired) electrons. The van der Waals surface area contributed by atoms with Gasteiger partial charge in [0.15, 0.2) is 0 Å². The molecule has 0 atom stereocenters. The van der Waals surface area contributed by atoms with E-state index < -0.39 is 0 Å². The average molecular weight is 325 g/mol. The van der Waals surface area contributed by atoms with Crippen molar-refractivity contribution in [1.82, 2.24) is 14.7 Å². The minimum atomic E-state index is 0.263. The Kier molecular flexibility index (Phi) is 4.65. The number of benzene rings is 1. The van der Waals surface area contributed by atoms with Crippen LogP contribution < -0.4 is 4.74 Å². The van der Waals surface area contributed by atoms with Gasteiger partial charge in [-0.05, 0) is 17.4 Å². The highest BCUT2D eigenvalue weighted by molar-refractivity contribution is 5.20. The van der Waals surface area contributed by atoms with Crippen LogP contribution in [0.1, 0.15) is 38.4 Å². The van der Waals surface area contributed by atoms with Gasteiger partial charge >= 0.3 is 0 Å². The highest BCUT2D eigenvalue weighted by atomic mass is 16.5. The lowest BCUT2D eigenvalue weighted by atomic mass is 9.90. The summed E-state index contributed by atoms with van der Waals surface area (Å²) in [5.74, 6) is 0.706. The summed E-state index contributed by atoms with van der Waals surface area (Å²) in [4.78, 5) is 2.36. The summed E-state index contributed by atoms with van der Waals surface area (Å²) in [5.41, 5.74) is 3.82. The van der Waals surface area contributed by atoms with Gasteiger partial charge in [-0.3, -0.25) is 4.68 Å². The van der Waals surface area contributed by atoms with Gasteiger partial charge in [-0.1, -0.05) is 57.7 Å². The molecule has 0 unspecified atom stereocenters. The third-order valence-corrected chi connectivity index (χ3v) is 4.19. The zero-order valence-corrected chi connectivity index (χ0v) is 15.0. The van der Waals surface area contributed by atoms with Crippen LogP contribution in [0.15, 0.2) is 48.7 Å². The highest BCUT2D eigenvalue weighted by Crippen LogP contribution is 2.28. The van der Waals surface area contributed by atoms with Gasteiger partial charge in [0.2, 0.25) is 5.88 Å². The minimum Gasteiger partial charge on any atom is -0.472 e. The van der Waals surface area contributed by atoms with E-state index in [0.29, 0.717) is 12.5 Å². The van der Waals surface area contributed by atoms with Crippen LogP contribution in [0.3, 0.4) is 0 Å². The SMILES string of the molecule is C=C(CC(C)(C)C)N1CCn2nc(OCc3ccccc3)cc2C1. The van der Waals surface area contributed by atoms with Crippen LogP contribution in [0, 0.1) is 5.41 Å². The number of fused-ring (bicyclic) bond motifs is 1. The molecule has 1 aromatic carbocycles. The normalized spacial score (nSPS) is 14.4. The van der Waals surface area contributed by atoms with Crippen LogP contribution in [0.25, 0.3) is 0 Å². The first-order valence-electron chi connectivity index (χ1n) is 8.57. The summed E-state index contributed by atoms with van der Waals surface area (Å²) < 4.78 is 7.90. The Morgan fingerprint density at radius 2 is 1.96 bits per heavy atom. The first-order valence-corrected chi connectivity index (χ1v) is 8.57. The summed E-state index contributed by atoms with van der Waals surface area (Å²) in [6, 6.07) is 12.2. The molecule has 1 aliphatic rings. The largest absolute Gasteiger partial charge is 0.472 e. The second-order valence-corrected chi connectivity index (χ2v) is 7.70. The molecule has 1 aliphatic heterocycles. The molecule has 128 valence electrons. The monoisotopic (exact) mass is 325 g/mol. The Morgan fingerprint density at radius 3 is 2.67 bits per heavy atom. The Bertz CT molecular complexity index is 697. The maximum Gasteiger partial charge on any atom is 0.233 e. The molecule has 1 aromatic heterocycles. The van der Waals surface area contributed by atoms with Gasteiger partial charge in [0.05, 0.1) is 18.8 Å². The van der Waals surface area contributed by atoms with Gasteiger partial charge in [0.25, 0.3) is 0 Å². The lowest BCUT2D eigenvalue weighted by Crippen LogP contribution is -2.34. The Balaban J connectivity index is 1.61. The summed E-state index contributed by atoms with van der Waals surface area (Å²) in [7, 11) is 0. The van der Waals surface area contributed by atoms with Gasteiger partial charge in [0, 0.05) is 18.3 Å². The molecule has 2 aromatic rings. The minimum absolute atomic E-state index is 0.263. The van der Waals surface area contributed by atoms with E-state index in [9.17, 15) is 0 Å². The Morgan fingerprint density at radius 1 is 1.21 bits per heavy atom. The molecule has 0 saturated carbocycles. The van der Waals surface area contributed by atoms with Crippen molar-refractivity contribution in [3.8, 4) is 5.88 Å². The number of nitrogens with zero attached hydrogens (tertiary/aromatic N) is 3. The fourth-order valence-corrected chi connectivity index (χ4v) is 3.04. The predicted octanol–water partition coefficient (Wildman–Crippen LogP) is 4.23. The standard InChI is InChI=1S/C20H27N3O/c1-16(13-20(2,3)4)22-10-11-23-18(14-22)12-19(21-23)24-15-17-8-6-5-7-9-17/h5-9,12H,1,10-11,13-15H2,2-4H3. The van der Waals surface area contributed by atoms with Gasteiger partial charge in [-0.25, -0.2) is 0 Å². The highest BCUT2D eigenvalue weighted by Gasteiger charge is 2.22. The predicted molar refractivity (Wildman–Crippen MR) is 96.6 cm³/mol. The van der Waals surface area contributed by atoms with Crippen molar-refractivity contribution >= 4 is 0 Å². The van der Waals surface area contributed by atoms with Crippen LogP contribution in [0.2, 0.25) is 0 Å². The maximum absolute atomic E-state index is 5.85. The van der Waals surface area contributed by atoms with Crippen molar-refractivity contribution in [2.75, 3.05) is 6.54 Å². The van der Waals surface area contributed by atoms with E-state index in [2.05, 4.69) is 60.2 Å². The lowest BCUT2D eigenvalue weighted by Gasteiger charge is -2.33. The summed E-state index contributed by atoms with van der Waals surface area (Å²) in [5, 5.41) is 4.57. The van der Waals surface area contributed by atoms with Crippen LogP contribution in [0.4, 0.5) is 0 Å². The van der Waals surface area contributed by atoms with E-state index >= 15 is 0 Å². The van der Waals surface area contributed by atoms with Gasteiger partial charge in [-0.15, -0.1) is 5.10 Å². The maximum atomic E-state index is 5.85. The van der Waals surface area contributed by atoms with Crippen molar-refractivity contribution in [1.29, 1.82) is 0 Å². The van der Waals surface area contributed by atoms with Crippen molar-refractivity contribution < 1.29 is 4.74 Å². The van der Waals surface area contributed by atoms with Crippen molar-refractivity contribution in [3.05, 3.63) is 59.9 Å². The first kappa shape index (κ1) is 16.6. The molecular formula is C20H27N3O. The molecule has 4 heteroatoms. The molecule has 0 fully saturated rings. The van der Waals surface area contributed by atoms with Crippen LogP contribution in [-0.4, -0.2) is 21.2 Å². The lowest BCUT2D eigenvalue weighted by molar-refractivity contribution is 0.235. The second kappa shape index (κ2) is 6.71. The molecule has 2 heterocycles. The van der Waals surface area contributed by atoms with E-state index in [1.165, 1.54) is 11.4 Å². The fraction of sp³-hybridized carbons (Fsp3) is 0.450. The molecule has 4 nitrogen and oxygen atoms in total. The average Bonchev–Trinajstić information content (AvgIpc) is 2.94. The molecule has 0 spiro atoms. The van der Waals surface area contributed by atoms with E-state index in [1.54, 1.807) is 0 Å². The Hall–Kier alpha value is -2.23. The van der Waals surface area contributed by atoms with Crippen molar-refractivity contribution in [3.63, 3.8) is 0 Å². The summed E-state index contributed by atoms with van der Waals surface area (Å²) in [6.07, 6.45) is 1.01. The third kappa shape index (κ3) is 4.19.